The Balaban J connectivity index is 2.21. The number of anilines is 2. The Labute approximate surface area is 154 Å². The normalized spacial score (nSPS) is 18.4. The lowest BCUT2D eigenvalue weighted by molar-refractivity contribution is 0.0595. The van der Waals surface area contributed by atoms with Crippen LogP contribution in [0.25, 0.3) is 11.4 Å². The van der Waals surface area contributed by atoms with E-state index in [1.807, 2.05) is 13.8 Å². The molecule has 0 saturated carbocycles. The molecule has 1 aromatic heterocycles. The van der Waals surface area contributed by atoms with Crippen molar-refractivity contribution in [1.82, 2.24) is 9.97 Å². The summed E-state index contributed by atoms with van der Waals surface area (Å²) in [6.07, 6.45) is 0. The Morgan fingerprint density at radius 3 is 2.54 bits per heavy atom. The highest BCUT2D eigenvalue weighted by Crippen LogP contribution is 2.37. The van der Waals surface area contributed by atoms with Gasteiger partial charge in [-0.1, -0.05) is 11.6 Å². The average molecular weight is 381 g/mol. The van der Waals surface area contributed by atoms with Gasteiger partial charge in [0.05, 0.1) is 24.8 Å². The molecule has 9 heteroatoms. The van der Waals surface area contributed by atoms with Gasteiger partial charge in [0.2, 0.25) is 0 Å². The summed E-state index contributed by atoms with van der Waals surface area (Å²) in [4.78, 5) is 20.8. The average Bonchev–Trinajstić information content (AvgIpc) is 2.62. The van der Waals surface area contributed by atoms with Crippen LogP contribution in [0.4, 0.5) is 15.9 Å². The molecule has 2 aromatic rings. The molecule has 2 unspecified atom stereocenters. The van der Waals surface area contributed by atoms with Crippen molar-refractivity contribution in [2.24, 2.45) is 0 Å². The Morgan fingerprint density at radius 2 is 1.88 bits per heavy atom. The largest absolute Gasteiger partial charge is 0.492 e. The Hall–Kier alpha value is -2.61. The van der Waals surface area contributed by atoms with Crippen molar-refractivity contribution < 1.29 is 18.7 Å². The number of nitrogens with zero attached hydrogens (tertiary/aromatic N) is 2. The molecule has 0 spiro atoms. The first-order valence-corrected chi connectivity index (χ1v) is 8.31. The number of methoxy groups -OCH3 is 2. The molecule has 3 rings (SSSR count). The van der Waals surface area contributed by atoms with Gasteiger partial charge in [0, 0.05) is 12.1 Å². The van der Waals surface area contributed by atoms with Crippen molar-refractivity contribution in [3.63, 3.8) is 0 Å². The molecule has 0 fully saturated rings. The predicted molar refractivity (Wildman–Crippen MR) is 96.5 cm³/mol. The second kappa shape index (κ2) is 6.95. The maximum atomic E-state index is 14.8. The molecule has 26 heavy (non-hydrogen) atoms. The molecule has 0 bridgehead atoms. The van der Waals surface area contributed by atoms with Gasteiger partial charge in [0.25, 0.3) is 0 Å². The second-order valence-electron chi connectivity index (χ2n) is 5.92. The third-order valence-electron chi connectivity index (χ3n) is 4.27. The van der Waals surface area contributed by atoms with Gasteiger partial charge in [-0.3, -0.25) is 0 Å². The molecule has 1 aromatic carbocycles. The first-order chi connectivity index (χ1) is 12.4. The minimum absolute atomic E-state index is 0.0204. The topological polar surface area (TPSA) is 85.4 Å². The van der Waals surface area contributed by atoms with Gasteiger partial charge in [0.15, 0.2) is 28.9 Å². The van der Waals surface area contributed by atoms with Gasteiger partial charge in [-0.15, -0.1) is 0 Å². The Kier molecular flexibility index (Phi) is 4.86. The van der Waals surface area contributed by atoms with E-state index in [1.165, 1.54) is 26.4 Å². The van der Waals surface area contributed by atoms with Crippen LogP contribution in [0.2, 0.25) is 5.02 Å². The lowest BCUT2D eigenvalue weighted by Gasteiger charge is -2.31. The van der Waals surface area contributed by atoms with E-state index in [0.29, 0.717) is 11.5 Å². The van der Waals surface area contributed by atoms with E-state index in [0.717, 1.165) is 0 Å². The van der Waals surface area contributed by atoms with E-state index < -0.39 is 11.8 Å². The molecule has 2 N–H and O–H groups in total. The van der Waals surface area contributed by atoms with Gasteiger partial charge >= 0.3 is 5.97 Å². The fourth-order valence-electron chi connectivity index (χ4n) is 2.65. The van der Waals surface area contributed by atoms with Crippen LogP contribution in [-0.2, 0) is 4.74 Å². The van der Waals surface area contributed by atoms with Gasteiger partial charge in [0.1, 0.15) is 5.69 Å². The van der Waals surface area contributed by atoms with Crippen LogP contribution in [0.3, 0.4) is 0 Å². The van der Waals surface area contributed by atoms with Crippen LogP contribution < -0.4 is 15.4 Å². The van der Waals surface area contributed by atoms with E-state index in [9.17, 15) is 9.18 Å². The quantitative estimate of drug-likeness (QED) is 0.790. The minimum atomic E-state index is -0.707. The third kappa shape index (κ3) is 3.01. The molecular formula is C17H18ClFN4O3. The lowest BCUT2D eigenvalue weighted by Crippen LogP contribution is -2.40. The molecule has 0 amide bonds. The van der Waals surface area contributed by atoms with Crippen molar-refractivity contribution in [3.05, 3.63) is 28.7 Å². The van der Waals surface area contributed by atoms with Crippen molar-refractivity contribution in [2.45, 2.75) is 25.9 Å². The van der Waals surface area contributed by atoms with Crippen LogP contribution in [0.15, 0.2) is 12.1 Å². The van der Waals surface area contributed by atoms with Crippen molar-refractivity contribution in [1.29, 1.82) is 0 Å². The summed E-state index contributed by atoms with van der Waals surface area (Å²) in [6, 6.07) is 2.99. The van der Waals surface area contributed by atoms with Gasteiger partial charge in [-0.25, -0.2) is 19.2 Å². The number of ether oxygens (including phenoxy) is 2. The van der Waals surface area contributed by atoms with E-state index in [1.54, 1.807) is 0 Å². The summed E-state index contributed by atoms with van der Waals surface area (Å²) in [7, 11) is 2.57. The molecule has 2 heterocycles. The predicted octanol–water partition coefficient (Wildman–Crippen LogP) is 3.35. The third-order valence-corrected chi connectivity index (χ3v) is 4.57. The number of carbonyl (C=O) groups excluding carboxylic acids is 1. The second-order valence-corrected chi connectivity index (χ2v) is 6.33. The zero-order chi connectivity index (χ0) is 19.0. The lowest BCUT2D eigenvalue weighted by atomic mass is 10.1. The highest BCUT2D eigenvalue weighted by molar-refractivity contribution is 6.32. The fourth-order valence-corrected chi connectivity index (χ4v) is 2.88. The van der Waals surface area contributed by atoms with Gasteiger partial charge in [-0.2, -0.15) is 0 Å². The molecule has 0 radical (unpaired) electrons. The molecule has 0 saturated heterocycles. The molecule has 138 valence electrons. The number of hydrogen-bond acceptors (Lipinski definition) is 7. The highest BCUT2D eigenvalue weighted by Gasteiger charge is 2.29. The molecule has 2 atom stereocenters. The maximum Gasteiger partial charge on any atom is 0.359 e. The maximum absolute atomic E-state index is 14.8. The van der Waals surface area contributed by atoms with Gasteiger partial charge in [-0.05, 0) is 26.0 Å². The summed E-state index contributed by atoms with van der Waals surface area (Å²) in [6.45, 7) is 3.92. The van der Waals surface area contributed by atoms with Crippen molar-refractivity contribution >= 4 is 29.1 Å². The van der Waals surface area contributed by atoms with E-state index >= 15 is 0 Å². The SMILES string of the molecule is COC(=O)c1nc(-c2ccc(Cl)c(OC)c2F)nc2c1NC(C)C(C)N2. The number of halogens is 2. The monoisotopic (exact) mass is 380 g/mol. The summed E-state index contributed by atoms with van der Waals surface area (Å²) in [5.74, 6) is -1.05. The molecule has 7 nitrogen and oxygen atoms in total. The van der Waals surface area contributed by atoms with E-state index in [2.05, 4.69) is 20.6 Å². The number of fused-ring (bicyclic) bond motifs is 1. The fraction of sp³-hybridized carbons (Fsp3) is 0.353. The van der Waals surface area contributed by atoms with Gasteiger partial charge < -0.3 is 20.1 Å². The summed E-state index contributed by atoms with van der Waals surface area (Å²) in [5.41, 5.74) is 0.506. The minimum Gasteiger partial charge on any atom is -0.492 e. The smallest absolute Gasteiger partial charge is 0.359 e. The number of benzene rings is 1. The van der Waals surface area contributed by atoms with Crippen LogP contribution in [0.5, 0.6) is 5.75 Å². The first-order valence-electron chi connectivity index (χ1n) is 7.93. The van der Waals surface area contributed by atoms with Crippen molar-refractivity contribution in [2.75, 3.05) is 24.9 Å². The highest BCUT2D eigenvalue weighted by atomic mass is 35.5. The van der Waals surface area contributed by atoms with Crippen LogP contribution >= 0.6 is 11.6 Å². The summed E-state index contributed by atoms with van der Waals surface area (Å²) < 4.78 is 24.6. The van der Waals surface area contributed by atoms with Crippen LogP contribution in [-0.4, -0.2) is 42.2 Å². The molecule has 1 aliphatic rings. The van der Waals surface area contributed by atoms with E-state index in [4.69, 9.17) is 21.1 Å². The summed E-state index contributed by atoms with van der Waals surface area (Å²) in [5, 5.41) is 6.51. The number of rotatable bonds is 3. The number of carbonyl (C=O) groups is 1. The van der Waals surface area contributed by atoms with Crippen LogP contribution in [0.1, 0.15) is 24.3 Å². The molecular weight excluding hydrogens is 363 g/mol. The van der Waals surface area contributed by atoms with E-state index in [-0.39, 0.29) is 39.9 Å². The Bertz CT molecular complexity index is 878. The number of hydrogen-bond donors (Lipinski definition) is 2. The standard InChI is InChI=1S/C17H18ClFN4O3/c1-7-8(2)21-16-12(20-7)13(17(24)26-4)22-15(23-16)9-5-6-10(18)14(25-3)11(9)19/h5-8,20H,1-4H3,(H,21,22,23). The zero-order valence-electron chi connectivity index (χ0n) is 14.7. The van der Waals surface area contributed by atoms with Crippen LogP contribution in [0, 0.1) is 5.82 Å². The number of esters is 1. The first kappa shape index (κ1) is 18.2. The Morgan fingerprint density at radius 1 is 1.19 bits per heavy atom. The van der Waals surface area contributed by atoms with Crippen molar-refractivity contribution in [3.8, 4) is 17.1 Å². The summed E-state index contributed by atoms with van der Waals surface area (Å²) >= 11 is 5.94. The number of aromatic nitrogens is 2. The zero-order valence-corrected chi connectivity index (χ0v) is 15.4. The number of nitrogens with one attached hydrogen (secondary N) is 2. The molecule has 0 aliphatic carbocycles. The molecule has 1 aliphatic heterocycles.